The Hall–Kier alpha value is -1.96. The molecule has 2 unspecified atom stereocenters. The zero-order valence-electron chi connectivity index (χ0n) is 10.6. The molecule has 106 valence electrons. The summed E-state index contributed by atoms with van der Waals surface area (Å²) in [5.41, 5.74) is 0. The lowest BCUT2D eigenvalue weighted by atomic mass is 10.1. The van der Waals surface area contributed by atoms with E-state index in [1.54, 1.807) is 6.92 Å². The first-order valence-corrected chi connectivity index (χ1v) is 5.79. The largest absolute Gasteiger partial charge is 0.466 e. The Balaban J connectivity index is 2.53. The molecule has 1 heterocycles. The molecule has 0 radical (unpaired) electrons. The van der Waals surface area contributed by atoms with Gasteiger partial charge in [0.25, 0.3) is 11.8 Å². The lowest BCUT2D eigenvalue weighted by molar-refractivity contribution is -0.202. The monoisotopic (exact) mass is 273 g/mol. The zero-order chi connectivity index (χ0) is 14.6. The molecule has 1 saturated heterocycles. The van der Waals surface area contributed by atoms with Gasteiger partial charge in [0, 0.05) is 0 Å². The third-order valence-electron chi connectivity index (χ3n) is 2.44. The Labute approximate surface area is 109 Å². The predicted molar refractivity (Wildman–Crippen MR) is 59.0 cm³/mol. The fraction of sp³-hybridized carbons (Fsp3) is 0.636. The molecule has 0 bridgehead atoms. The molecule has 1 rings (SSSR count). The van der Waals surface area contributed by atoms with Crippen molar-refractivity contribution >= 4 is 23.8 Å². The quantitative estimate of drug-likeness (QED) is 0.513. The molecule has 2 amide bonds. The summed E-state index contributed by atoms with van der Waals surface area (Å²) in [6.45, 7) is 3.22. The molecule has 1 fully saturated rings. The van der Waals surface area contributed by atoms with Gasteiger partial charge in [-0.15, -0.1) is 0 Å². The third kappa shape index (κ3) is 3.75. The second kappa shape index (κ2) is 6.28. The summed E-state index contributed by atoms with van der Waals surface area (Å²) in [6.07, 6.45) is -2.12. The van der Waals surface area contributed by atoms with Crippen molar-refractivity contribution in [1.29, 1.82) is 0 Å². The number of carbonyl (C=O) groups excluding carboxylic acids is 4. The van der Waals surface area contributed by atoms with Gasteiger partial charge in [0.1, 0.15) is 6.10 Å². The van der Waals surface area contributed by atoms with Gasteiger partial charge in [-0.3, -0.25) is 14.4 Å². The molecular formula is C11H15NO7. The molecule has 1 N–H and O–H groups in total. The average Bonchev–Trinajstić information content (AvgIpc) is 2.56. The molecule has 0 aromatic heterocycles. The van der Waals surface area contributed by atoms with Crippen LogP contribution in [0.1, 0.15) is 26.7 Å². The fourth-order valence-electron chi connectivity index (χ4n) is 1.42. The van der Waals surface area contributed by atoms with Crippen LogP contribution in [-0.4, -0.2) is 46.6 Å². The number of hydrogen-bond donors (Lipinski definition) is 1. The number of esters is 1. The van der Waals surface area contributed by atoms with E-state index in [-0.39, 0.29) is 18.1 Å². The minimum Gasteiger partial charge on any atom is -0.466 e. The normalized spacial score (nSPS) is 20.4. The van der Waals surface area contributed by atoms with E-state index in [2.05, 4.69) is 9.57 Å². The van der Waals surface area contributed by atoms with Crippen molar-refractivity contribution in [3.63, 3.8) is 0 Å². The molecule has 0 spiro atoms. The minimum absolute atomic E-state index is 0.190. The number of imide groups is 1. The molecule has 0 aromatic carbocycles. The Morgan fingerprint density at radius 1 is 1.47 bits per heavy atom. The SMILES string of the molecule is CCOC(=O)CC(C)C(=O)ON1C(=O)CC(O)C1=O. The van der Waals surface area contributed by atoms with Gasteiger partial charge in [-0.25, -0.2) is 4.79 Å². The number of carbonyl (C=O) groups is 4. The van der Waals surface area contributed by atoms with Gasteiger partial charge in [0.2, 0.25) is 0 Å². The minimum atomic E-state index is -1.49. The molecule has 1 aliphatic heterocycles. The summed E-state index contributed by atoms with van der Waals surface area (Å²) in [7, 11) is 0. The van der Waals surface area contributed by atoms with Crippen LogP contribution in [-0.2, 0) is 28.8 Å². The van der Waals surface area contributed by atoms with E-state index in [9.17, 15) is 19.2 Å². The number of ether oxygens (including phenoxy) is 1. The van der Waals surface area contributed by atoms with E-state index in [4.69, 9.17) is 5.11 Å². The zero-order valence-corrected chi connectivity index (χ0v) is 10.6. The van der Waals surface area contributed by atoms with Gasteiger partial charge in [-0.1, -0.05) is 12.0 Å². The standard InChI is InChI=1S/C11H15NO7/c1-3-18-9(15)4-6(2)11(17)19-12-8(14)5-7(13)10(12)16/h6-7,13H,3-5H2,1-2H3. The Morgan fingerprint density at radius 3 is 2.58 bits per heavy atom. The highest BCUT2D eigenvalue weighted by atomic mass is 16.7. The molecule has 2 atom stereocenters. The maximum atomic E-state index is 11.6. The highest BCUT2D eigenvalue weighted by Gasteiger charge is 2.41. The van der Waals surface area contributed by atoms with Crippen molar-refractivity contribution in [3.05, 3.63) is 0 Å². The first-order chi connectivity index (χ1) is 8.86. The van der Waals surface area contributed by atoms with Crippen molar-refractivity contribution in [2.75, 3.05) is 6.61 Å². The number of hydrogen-bond acceptors (Lipinski definition) is 7. The smallest absolute Gasteiger partial charge is 0.336 e. The topological polar surface area (TPSA) is 110 Å². The molecule has 1 aliphatic rings. The summed E-state index contributed by atoms with van der Waals surface area (Å²) < 4.78 is 4.66. The number of aliphatic hydroxyl groups excluding tert-OH is 1. The molecule has 8 nitrogen and oxygen atoms in total. The molecule has 0 saturated carbocycles. The van der Waals surface area contributed by atoms with E-state index >= 15 is 0 Å². The van der Waals surface area contributed by atoms with Crippen molar-refractivity contribution < 1.29 is 33.9 Å². The second-order valence-corrected chi connectivity index (χ2v) is 4.07. The maximum absolute atomic E-state index is 11.6. The van der Waals surface area contributed by atoms with Crippen LogP contribution in [0.15, 0.2) is 0 Å². The van der Waals surface area contributed by atoms with E-state index in [1.807, 2.05) is 0 Å². The molecular weight excluding hydrogens is 258 g/mol. The second-order valence-electron chi connectivity index (χ2n) is 4.07. The van der Waals surface area contributed by atoms with E-state index in [1.165, 1.54) is 6.92 Å². The van der Waals surface area contributed by atoms with Gasteiger partial charge >= 0.3 is 11.9 Å². The summed E-state index contributed by atoms with van der Waals surface area (Å²) >= 11 is 0. The van der Waals surface area contributed by atoms with Crippen molar-refractivity contribution in [2.24, 2.45) is 5.92 Å². The van der Waals surface area contributed by atoms with Gasteiger partial charge in [0.15, 0.2) is 0 Å². The van der Waals surface area contributed by atoms with Crippen molar-refractivity contribution in [2.45, 2.75) is 32.8 Å². The van der Waals surface area contributed by atoms with Crippen LogP contribution >= 0.6 is 0 Å². The van der Waals surface area contributed by atoms with Gasteiger partial charge in [-0.2, -0.15) is 0 Å². The number of aliphatic hydroxyl groups is 1. The lowest BCUT2D eigenvalue weighted by Gasteiger charge is -2.15. The highest BCUT2D eigenvalue weighted by Crippen LogP contribution is 2.16. The Morgan fingerprint density at radius 2 is 2.11 bits per heavy atom. The van der Waals surface area contributed by atoms with Crippen molar-refractivity contribution in [1.82, 2.24) is 5.06 Å². The number of hydroxylamine groups is 2. The first kappa shape index (κ1) is 15.1. The van der Waals surface area contributed by atoms with Crippen LogP contribution < -0.4 is 0 Å². The highest BCUT2D eigenvalue weighted by molar-refractivity contribution is 6.04. The van der Waals surface area contributed by atoms with Crippen LogP contribution in [0.25, 0.3) is 0 Å². The summed E-state index contributed by atoms with van der Waals surface area (Å²) in [5.74, 6) is -4.14. The van der Waals surface area contributed by atoms with E-state index in [0.717, 1.165) is 0 Å². The van der Waals surface area contributed by atoms with E-state index < -0.39 is 42.2 Å². The molecule has 0 aromatic rings. The molecule has 0 aliphatic carbocycles. The lowest BCUT2D eigenvalue weighted by Crippen LogP contribution is -2.36. The van der Waals surface area contributed by atoms with Crippen LogP contribution in [0.4, 0.5) is 0 Å². The number of nitrogens with zero attached hydrogens (tertiary/aromatic N) is 1. The average molecular weight is 273 g/mol. The Bertz CT molecular complexity index is 406. The van der Waals surface area contributed by atoms with Crippen molar-refractivity contribution in [3.8, 4) is 0 Å². The molecule has 8 heteroatoms. The van der Waals surface area contributed by atoms with Crippen LogP contribution in [0, 0.1) is 5.92 Å². The molecule has 19 heavy (non-hydrogen) atoms. The summed E-state index contributed by atoms with van der Waals surface area (Å²) in [5, 5.41) is 9.36. The fourth-order valence-corrected chi connectivity index (χ4v) is 1.42. The van der Waals surface area contributed by atoms with Crippen LogP contribution in [0.5, 0.6) is 0 Å². The first-order valence-electron chi connectivity index (χ1n) is 5.79. The summed E-state index contributed by atoms with van der Waals surface area (Å²) in [6, 6.07) is 0. The number of amides is 2. The maximum Gasteiger partial charge on any atom is 0.336 e. The predicted octanol–water partition coefficient (Wildman–Crippen LogP) is -0.846. The third-order valence-corrected chi connectivity index (χ3v) is 2.44. The van der Waals surface area contributed by atoms with Crippen LogP contribution in [0.3, 0.4) is 0 Å². The van der Waals surface area contributed by atoms with Gasteiger partial charge < -0.3 is 14.7 Å². The Kier molecular flexibility index (Phi) is 4.99. The summed E-state index contributed by atoms with van der Waals surface area (Å²) in [4.78, 5) is 49.9. The van der Waals surface area contributed by atoms with Gasteiger partial charge in [0.05, 0.1) is 25.4 Å². The van der Waals surface area contributed by atoms with Crippen LogP contribution in [0.2, 0.25) is 0 Å². The van der Waals surface area contributed by atoms with Gasteiger partial charge in [-0.05, 0) is 6.92 Å². The number of rotatable bonds is 5. The van der Waals surface area contributed by atoms with E-state index in [0.29, 0.717) is 0 Å².